The molecule has 2 N–H and O–H groups in total. The maximum absolute atomic E-state index is 13.1. The third-order valence-corrected chi connectivity index (χ3v) is 6.20. The van der Waals surface area contributed by atoms with Crippen molar-refractivity contribution < 1.29 is 14.5 Å². The van der Waals surface area contributed by atoms with Crippen LogP contribution in [-0.2, 0) is 9.53 Å². The van der Waals surface area contributed by atoms with Gasteiger partial charge in [0.15, 0.2) is 0 Å². The van der Waals surface area contributed by atoms with Crippen LogP contribution in [0.4, 0.5) is 11.4 Å². The third-order valence-electron chi connectivity index (χ3n) is 6.20. The molecule has 1 aliphatic carbocycles. The maximum atomic E-state index is 13.1. The van der Waals surface area contributed by atoms with Gasteiger partial charge in [-0.25, -0.2) is 0 Å². The van der Waals surface area contributed by atoms with E-state index in [0.717, 1.165) is 0 Å². The summed E-state index contributed by atoms with van der Waals surface area (Å²) in [6, 6.07) is 6.71. The Labute approximate surface area is 159 Å². The zero-order chi connectivity index (χ0) is 19.8. The molecule has 1 heterocycles. The number of amides is 1. The van der Waals surface area contributed by atoms with Crippen molar-refractivity contribution in [3.63, 3.8) is 0 Å². The topological polar surface area (TPSA) is 102 Å². The van der Waals surface area contributed by atoms with E-state index in [0.29, 0.717) is 44.9 Å². The van der Waals surface area contributed by atoms with Crippen molar-refractivity contribution in [1.29, 1.82) is 0 Å². The summed E-state index contributed by atoms with van der Waals surface area (Å²) >= 11 is 0. The number of nitrogens with two attached hydrogens (primary N) is 1. The van der Waals surface area contributed by atoms with Gasteiger partial charge < -0.3 is 20.3 Å². The molecule has 0 spiro atoms. The Balaban J connectivity index is 1.66. The molecule has 1 saturated carbocycles. The van der Waals surface area contributed by atoms with Crippen LogP contribution in [0.2, 0.25) is 0 Å². The van der Waals surface area contributed by atoms with Gasteiger partial charge in [-0.3, -0.25) is 14.9 Å². The SMILES string of the molecule is CCOC1CC(N)(C(=O)N2CCN(c3ccccc3[N+](=O)[O-])CC2)C1(C)C. The first-order valence-corrected chi connectivity index (χ1v) is 9.40. The van der Waals surface area contributed by atoms with E-state index in [-0.39, 0.29) is 22.6 Å². The maximum Gasteiger partial charge on any atom is 0.292 e. The Bertz CT molecular complexity index is 730. The van der Waals surface area contributed by atoms with E-state index in [1.165, 1.54) is 6.07 Å². The monoisotopic (exact) mass is 376 g/mol. The molecule has 8 nitrogen and oxygen atoms in total. The molecule has 2 atom stereocenters. The first kappa shape index (κ1) is 19.6. The highest BCUT2D eigenvalue weighted by molar-refractivity contribution is 5.89. The van der Waals surface area contributed by atoms with Crippen molar-refractivity contribution >= 4 is 17.3 Å². The zero-order valence-electron chi connectivity index (χ0n) is 16.2. The number of para-hydroxylation sites is 2. The first-order chi connectivity index (χ1) is 12.7. The summed E-state index contributed by atoms with van der Waals surface area (Å²) in [4.78, 5) is 27.7. The van der Waals surface area contributed by atoms with Crippen LogP contribution in [0.5, 0.6) is 0 Å². The van der Waals surface area contributed by atoms with Gasteiger partial charge in [-0.05, 0) is 13.0 Å². The number of hydrogen-bond donors (Lipinski definition) is 1. The number of carbonyl (C=O) groups excluding carboxylic acids is 1. The summed E-state index contributed by atoms with van der Waals surface area (Å²) in [6.45, 7) is 8.60. The standard InChI is InChI=1S/C19H28N4O4/c1-4-27-16-13-19(20,18(16,2)3)17(24)22-11-9-21(10-12-22)14-7-5-6-8-15(14)23(25)26/h5-8,16H,4,9-13,20H2,1-3H3. The fraction of sp³-hybridized carbons (Fsp3) is 0.632. The van der Waals surface area contributed by atoms with Gasteiger partial charge in [0, 0.05) is 50.7 Å². The van der Waals surface area contributed by atoms with Crippen molar-refractivity contribution in [2.75, 3.05) is 37.7 Å². The molecule has 1 amide bonds. The molecule has 1 aliphatic heterocycles. The Morgan fingerprint density at radius 2 is 1.93 bits per heavy atom. The highest BCUT2D eigenvalue weighted by Crippen LogP contribution is 2.50. The molecule has 0 bridgehead atoms. The van der Waals surface area contributed by atoms with Crippen LogP contribution in [0.1, 0.15) is 27.2 Å². The van der Waals surface area contributed by atoms with Gasteiger partial charge in [-0.1, -0.05) is 26.0 Å². The molecule has 2 aliphatic rings. The van der Waals surface area contributed by atoms with Gasteiger partial charge in [-0.15, -0.1) is 0 Å². The number of hydrogen-bond acceptors (Lipinski definition) is 6. The van der Waals surface area contributed by atoms with Crippen LogP contribution in [0.15, 0.2) is 24.3 Å². The smallest absolute Gasteiger partial charge is 0.292 e. The summed E-state index contributed by atoms with van der Waals surface area (Å²) in [5.74, 6) is -0.0503. The molecule has 1 aromatic rings. The van der Waals surface area contributed by atoms with Crippen LogP contribution in [-0.4, -0.2) is 60.2 Å². The number of nitro benzene ring substituents is 1. The Kier molecular flexibility index (Phi) is 5.14. The number of piperazine rings is 1. The highest BCUT2D eigenvalue weighted by Gasteiger charge is 2.63. The second-order valence-electron chi connectivity index (χ2n) is 7.87. The first-order valence-electron chi connectivity index (χ1n) is 9.40. The molecule has 2 fully saturated rings. The van der Waals surface area contributed by atoms with Crippen LogP contribution in [0.25, 0.3) is 0 Å². The predicted molar refractivity (Wildman–Crippen MR) is 103 cm³/mol. The van der Waals surface area contributed by atoms with Crippen molar-refractivity contribution in [3.8, 4) is 0 Å². The molecule has 2 unspecified atom stereocenters. The van der Waals surface area contributed by atoms with E-state index in [2.05, 4.69) is 0 Å². The normalized spacial score (nSPS) is 27.2. The van der Waals surface area contributed by atoms with E-state index in [1.807, 2.05) is 25.7 Å². The minimum Gasteiger partial charge on any atom is -0.378 e. The van der Waals surface area contributed by atoms with Gasteiger partial charge in [0.05, 0.1) is 11.0 Å². The van der Waals surface area contributed by atoms with E-state index < -0.39 is 11.0 Å². The number of benzene rings is 1. The number of carbonyl (C=O) groups is 1. The molecule has 3 rings (SSSR count). The molecule has 1 saturated heterocycles. The third kappa shape index (κ3) is 3.17. The molecular formula is C19H28N4O4. The van der Waals surface area contributed by atoms with Crippen molar-refractivity contribution in [3.05, 3.63) is 34.4 Å². The summed E-state index contributed by atoms with van der Waals surface area (Å²) in [5, 5.41) is 11.3. The molecule has 0 radical (unpaired) electrons. The Hall–Kier alpha value is -2.19. The van der Waals surface area contributed by atoms with Crippen molar-refractivity contribution in [1.82, 2.24) is 4.90 Å². The Morgan fingerprint density at radius 3 is 2.48 bits per heavy atom. The Morgan fingerprint density at radius 1 is 1.30 bits per heavy atom. The van der Waals surface area contributed by atoms with Crippen LogP contribution < -0.4 is 10.6 Å². The average Bonchev–Trinajstić information content (AvgIpc) is 2.67. The summed E-state index contributed by atoms with van der Waals surface area (Å²) in [5.41, 5.74) is 5.85. The minimum atomic E-state index is -0.923. The number of rotatable bonds is 5. The van der Waals surface area contributed by atoms with Crippen molar-refractivity contribution in [2.45, 2.75) is 38.8 Å². The molecule has 27 heavy (non-hydrogen) atoms. The summed E-state index contributed by atoms with van der Waals surface area (Å²) in [7, 11) is 0. The molecular weight excluding hydrogens is 348 g/mol. The van der Waals surface area contributed by atoms with Crippen LogP contribution >= 0.6 is 0 Å². The second-order valence-corrected chi connectivity index (χ2v) is 7.87. The fourth-order valence-electron chi connectivity index (χ4n) is 4.12. The molecule has 0 aromatic heterocycles. The summed E-state index contributed by atoms with van der Waals surface area (Å²) < 4.78 is 5.71. The second kappa shape index (κ2) is 7.09. The zero-order valence-corrected chi connectivity index (χ0v) is 16.2. The van der Waals surface area contributed by atoms with E-state index in [4.69, 9.17) is 10.5 Å². The lowest BCUT2D eigenvalue weighted by Gasteiger charge is -2.59. The van der Waals surface area contributed by atoms with E-state index in [9.17, 15) is 14.9 Å². The number of ether oxygens (including phenoxy) is 1. The lowest BCUT2D eigenvalue weighted by molar-refractivity contribution is -0.384. The largest absolute Gasteiger partial charge is 0.378 e. The van der Waals surface area contributed by atoms with Gasteiger partial charge in [0.1, 0.15) is 11.2 Å². The predicted octanol–water partition coefficient (Wildman–Crippen LogP) is 1.78. The number of nitro groups is 1. The molecule has 148 valence electrons. The van der Waals surface area contributed by atoms with Crippen molar-refractivity contribution in [2.24, 2.45) is 11.1 Å². The fourth-order valence-corrected chi connectivity index (χ4v) is 4.12. The van der Waals surface area contributed by atoms with E-state index >= 15 is 0 Å². The molecule has 1 aromatic carbocycles. The van der Waals surface area contributed by atoms with E-state index in [1.54, 1.807) is 23.1 Å². The van der Waals surface area contributed by atoms with Crippen LogP contribution in [0, 0.1) is 15.5 Å². The highest BCUT2D eigenvalue weighted by atomic mass is 16.6. The van der Waals surface area contributed by atoms with Gasteiger partial charge in [-0.2, -0.15) is 0 Å². The number of nitrogens with zero attached hydrogens (tertiary/aromatic N) is 3. The molecule has 8 heteroatoms. The number of anilines is 1. The summed E-state index contributed by atoms with van der Waals surface area (Å²) in [6.07, 6.45) is 0.515. The van der Waals surface area contributed by atoms with Gasteiger partial charge in [0.25, 0.3) is 5.69 Å². The minimum absolute atomic E-state index is 0.00953. The van der Waals surface area contributed by atoms with Gasteiger partial charge in [0.2, 0.25) is 5.91 Å². The quantitative estimate of drug-likeness (QED) is 0.621. The lowest BCUT2D eigenvalue weighted by atomic mass is 9.54. The average molecular weight is 376 g/mol. The van der Waals surface area contributed by atoms with Gasteiger partial charge >= 0.3 is 0 Å². The van der Waals surface area contributed by atoms with Crippen LogP contribution in [0.3, 0.4) is 0 Å². The lowest BCUT2D eigenvalue weighted by Crippen LogP contribution is -2.76.